The summed E-state index contributed by atoms with van der Waals surface area (Å²) in [4.78, 5) is 14.7. The number of aromatic nitrogens is 2. The summed E-state index contributed by atoms with van der Waals surface area (Å²) >= 11 is 0. The van der Waals surface area contributed by atoms with Crippen molar-refractivity contribution in [2.75, 3.05) is 5.73 Å². The minimum Gasteiger partial charge on any atom is -0.476 e. The summed E-state index contributed by atoms with van der Waals surface area (Å²) in [6.07, 6.45) is 1.61. The van der Waals surface area contributed by atoms with Crippen molar-refractivity contribution in [2.24, 2.45) is 0 Å². The van der Waals surface area contributed by atoms with E-state index in [1.165, 1.54) is 4.40 Å². The average molecular weight is 177 g/mol. The van der Waals surface area contributed by atoms with Crippen molar-refractivity contribution in [2.45, 2.75) is 0 Å². The zero-order valence-corrected chi connectivity index (χ0v) is 6.64. The molecule has 13 heavy (non-hydrogen) atoms. The first-order valence-electron chi connectivity index (χ1n) is 3.66. The summed E-state index contributed by atoms with van der Waals surface area (Å²) in [6.45, 7) is 0. The fraction of sp³-hybridized carbons (Fsp3) is 0. The van der Waals surface area contributed by atoms with Gasteiger partial charge in [-0.15, -0.1) is 0 Å². The highest BCUT2D eigenvalue weighted by Crippen LogP contribution is 2.13. The van der Waals surface area contributed by atoms with Crippen LogP contribution in [0.1, 0.15) is 10.5 Å². The van der Waals surface area contributed by atoms with Crippen LogP contribution in [0.15, 0.2) is 24.4 Å². The Hall–Kier alpha value is -2.04. The predicted molar refractivity (Wildman–Crippen MR) is 46.6 cm³/mol. The molecule has 0 aromatic carbocycles. The molecule has 5 heteroatoms. The van der Waals surface area contributed by atoms with Gasteiger partial charge in [0.25, 0.3) is 0 Å². The van der Waals surface area contributed by atoms with Crippen molar-refractivity contribution >= 4 is 17.4 Å². The number of anilines is 1. The van der Waals surface area contributed by atoms with Gasteiger partial charge in [0, 0.05) is 6.20 Å². The number of hydrogen-bond donors (Lipinski definition) is 2. The van der Waals surface area contributed by atoms with Gasteiger partial charge in [0.05, 0.1) is 0 Å². The molecule has 0 fully saturated rings. The first kappa shape index (κ1) is 7.60. The Morgan fingerprint density at radius 1 is 1.54 bits per heavy atom. The molecule has 2 heterocycles. The van der Waals surface area contributed by atoms with Crippen LogP contribution < -0.4 is 5.73 Å². The lowest BCUT2D eigenvalue weighted by atomic mass is 10.4. The molecule has 0 aliphatic heterocycles. The van der Waals surface area contributed by atoms with E-state index >= 15 is 0 Å². The van der Waals surface area contributed by atoms with E-state index < -0.39 is 5.97 Å². The smallest absolute Gasteiger partial charge is 0.356 e. The molecule has 0 bridgehead atoms. The minimum atomic E-state index is -1.07. The van der Waals surface area contributed by atoms with Gasteiger partial charge in [0.2, 0.25) is 0 Å². The molecule has 0 saturated heterocycles. The summed E-state index contributed by atoms with van der Waals surface area (Å²) < 4.78 is 1.44. The first-order chi connectivity index (χ1) is 6.20. The third kappa shape index (κ3) is 1.01. The van der Waals surface area contributed by atoms with Gasteiger partial charge in [-0.05, 0) is 12.1 Å². The molecule has 0 aliphatic carbocycles. The van der Waals surface area contributed by atoms with E-state index in [1.807, 2.05) is 0 Å². The van der Waals surface area contributed by atoms with Crippen LogP contribution in [0.3, 0.4) is 0 Å². The van der Waals surface area contributed by atoms with Crippen molar-refractivity contribution in [3.63, 3.8) is 0 Å². The topological polar surface area (TPSA) is 80.6 Å². The van der Waals surface area contributed by atoms with E-state index in [4.69, 9.17) is 10.8 Å². The van der Waals surface area contributed by atoms with Crippen LogP contribution in [0.4, 0.5) is 5.82 Å². The lowest BCUT2D eigenvalue weighted by Crippen LogP contribution is -2.04. The van der Waals surface area contributed by atoms with Gasteiger partial charge in [-0.3, -0.25) is 4.40 Å². The largest absolute Gasteiger partial charge is 0.476 e. The maximum atomic E-state index is 10.8. The summed E-state index contributed by atoms with van der Waals surface area (Å²) in [5.74, 6) is -1.03. The van der Waals surface area contributed by atoms with Gasteiger partial charge < -0.3 is 10.8 Å². The summed E-state index contributed by atoms with van der Waals surface area (Å²) in [6, 6.07) is 5.19. The van der Waals surface area contributed by atoms with Crippen molar-refractivity contribution in [1.82, 2.24) is 9.38 Å². The molecule has 0 saturated carbocycles. The predicted octanol–water partition coefficient (Wildman–Crippen LogP) is 0.615. The maximum Gasteiger partial charge on any atom is 0.356 e. The van der Waals surface area contributed by atoms with Gasteiger partial charge in [-0.25, -0.2) is 9.78 Å². The van der Waals surface area contributed by atoms with Gasteiger partial charge in [0.15, 0.2) is 11.5 Å². The Labute approximate surface area is 73.4 Å². The summed E-state index contributed by atoms with van der Waals surface area (Å²) in [7, 11) is 0. The molecule has 5 nitrogen and oxygen atoms in total. The second-order valence-corrected chi connectivity index (χ2v) is 2.58. The Bertz CT molecular complexity index is 475. The van der Waals surface area contributed by atoms with E-state index in [0.29, 0.717) is 5.65 Å². The summed E-state index contributed by atoms with van der Waals surface area (Å²) in [5.41, 5.74) is 5.99. The van der Waals surface area contributed by atoms with Crippen molar-refractivity contribution in [1.29, 1.82) is 0 Å². The second kappa shape index (κ2) is 2.48. The van der Waals surface area contributed by atoms with Crippen LogP contribution in [0.25, 0.3) is 5.65 Å². The highest BCUT2D eigenvalue weighted by Gasteiger charge is 2.14. The number of rotatable bonds is 1. The van der Waals surface area contributed by atoms with Gasteiger partial charge >= 0.3 is 5.97 Å². The Morgan fingerprint density at radius 2 is 2.31 bits per heavy atom. The third-order valence-electron chi connectivity index (χ3n) is 1.76. The highest BCUT2D eigenvalue weighted by molar-refractivity contribution is 5.92. The molecule has 0 radical (unpaired) electrons. The highest BCUT2D eigenvalue weighted by atomic mass is 16.4. The minimum absolute atomic E-state index is 0.00981. The van der Waals surface area contributed by atoms with Crippen molar-refractivity contribution < 1.29 is 9.90 Å². The van der Waals surface area contributed by atoms with Crippen LogP contribution in [-0.2, 0) is 0 Å². The molecule has 2 aromatic heterocycles. The van der Waals surface area contributed by atoms with E-state index in [2.05, 4.69) is 4.98 Å². The van der Waals surface area contributed by atoms with E-state index in [1.54, 1.807) is 24.4 Å². The number of carboxylic acids is 1. The Balaban J connectivity index is 2.86. The Kier molecular flexibility index (Phi) is 1.45. The molecule has 0 atom stereocenters. The van der Waals surface area contributed by atoms with Gasteiger partial charge in [-0.2, -0.15) is 0 Å². The molecule has 2 rings (SSSR count). The molecule has 0 amide bonds. The normalized spacial score (nSPS) is 10.5. The Morgan fingerprint density at radius 3 is 3.00 bits per heavy atom. The molecule has 3 N–H and O–H groups in total. The average Bonchev–Trinajstić information content (AvgIpc) is 2.39. The van der Waals surface area contributed by atoms with Crippen LogP contribution in [0, 0.1) is 0 Å². The molecule has 0 aliphatic rings. The number of hydrogen-bond acceptors (Lipinski definition) is 3. The molecular formula is C8H7N3O2. The van der Waals surface area contributed by atoms with Crippen LogP contribution in [-0.4, -0.2) is 20.5 Å². The zero-order chi connectivity index (χ0) is 9.42. The number of fused-ring (bicyclic) bond motifs is 1. The standard InChI is InChI=1S/C8H7N3O2/c9-7-6(8(12)13)11-4-2-1-3-5(11)10-7/h1-4H,9H2,(H,12,13). The first-order valence-corrected chi connectivity index (χ1v) is 3.66. The lowest BCUT2D eigenvalue weighted by molar-refractivity contribution is 0.0690. The van der Waals surface area contributed by atoms with Crippen LogP contribution >= 0.6 is 0 Å². The van der Waals surface area contributed by atoms with Crippen LogP contribution in [0.5, 0.6) is 0 Å². The van der Waals surface area contributed by atoms with E-state index in [0.717, 1.165) is 0 Å². The number of carboxylic acid groups (broad SMARTS) is 1. The third-order valence-corrected chi connectivity index (χ3v) is 1.76. The van der Waals surface area contributed by atoms with Gasteiger partial charge in [0.1, 0.15) is 5.65 Å². The van der Waals surface area contributed by atoms with Gasteiger partial charge in [-0.1, -0.05) is 6.07 Å². The molecule has 2 aromatic rings. The second-order valence-electron chi connectivity index (χ2n) is 2.58. The lowest BCUT2D eigenvalue weighted by Gasteiger charge is -1.94. The number of nitrogen functional groups attached to an aromatic ring is 1. The SMILES string of the molecule is Nc1nc2ccccn2c1C(=O)O. The number of pyridine rings is 1. The van der Waals surface area contributed by atoms with Crippen molar-refractivity contribution in [3.8, 4) is 0 Å². The molecule has 0 spiro atoms. The molecular weight excluding hydrogens is 170 g/mol. The summed E-state index contributed by atoms with van der Waals surface area (Å²) in [5, 5.41) is 8.81. The molecule has 66 valence electrons. The van der Waals surface area contributed by atoms with Crippen molar-refractivity contribution in [3.05, 3.63) is 30.1 Å². The monoisotopic (exact) mass is 177 g/mol. The number of nitrogens with zero attached hydrogens (tertiary/aromatic N) is 2. The fourth-order valence-corrected chi connectivity index (χ4v) is 1.23. The number of aromatic carboxylic acids is 1. The van der Waals surface area contributed by atoms with E-state index in [-0.39, 0.29) is 11.5 Å². The number of imidazole rings is 1. The number of carbonyl (C=O) groups is 1. The fourth-order valence-electron chi connectivity index (χ4n) is 1.23. The van der Waals surface area contributed by atoms with E-state index in [9.17, 15) is 4.79 Å². The number of nitrogens with two attached hydrogens (primary N) is 1. The maximum absolute atomic E-state index is 10.8. The zero-order valence-electron chi connectivity index (χ0n) is 6.64. The van der Waals surface area contributed by atoms with Crippen LogP contribution in [0.2, 0.25) is 0 Å². The quantitative estimate of drug-likeness (QED) is 0.668. The molecule has 0 unspecified atom stereocenters.